The van der Waals surface area contributed by atoms with Crippen molar-refractivity contribution in [2.45, 2.75) is 39.2 Å². The zero-order valence-electron chi connectivity index (χ0n) is 12.4. The van der Waals surface area contributed by atoms with Gasteiger partial charge in [0.1, 0.15) is 5.69 Å². The maximum atomic E-state index is 12.6. The van der Waals surface area contributed by atoms with Gasteiger partial charge < -0.3 is 14.6 Å². The number of hydrogen-bond donors (Lipinski definition) is 1. The molecule has 1 fully saturated rings. The second-order valence-corrected chi connectivity index (χ2v) is 6.79. The largest absolute Gasteiger partial charge is 0.481 e. The Morgan fingerprint density at radius 1 is 1.38 bits per heavy atom. The van der Waals surface area contributed by atoms with E-state index in [-0.39, 0.29) is 24.3 Å². The van der Waals surface area contributed by atoms with Crippen LogP contribution in [0.4, 0.5) is 0 Å². The van der Waals surface area contributed by atoms with Gasteiger partial charge in [0.25, 0.3) is 5.91 Å². The Hall–Kier alpha value is -1.30. The summed E-state index contributed by atoms with van der Waals surface area (Å²) in [7, 11) is 0. The summed E-state index contributed by atoms with van der Waals surface area (Å²) in [6.07, 6.45) is 3.66. The minimum atomic E-state index is -0.752. The molecule has 0 unspecified atom stereocenters. The van der Waals surface area contributed by atoms with Gasteiger partial charge >= 0.3 is 5.97 Å². The summed E-state index contributed by atoms with van der Waals surface area (Å²) in [5, 5.41) is 8.83. The molecule has 1 amide bonds. The van der Waals surface area contributed by atoms with Gasteiger partial charge in [-0.15, -0.1) is 0 Å². The quantitative estimate of drug-likeness (QED) is 0.900. The molecular formula is C15H21BrN2O3. The number of halogens is 1. The molecule has 2 heterocycles. The highest BCUT2D eigenvalue weighted by atomic mass is 79.9. The lowest BCUT2D eigenvalue weighted by atomic mass is 9.93. The molecule has 1 aromatic heterocycles. The molecule has 0 spiro atoms. The Bertz CT molecular complexity index is 531. The van der Waals surface area contributed by atoms with E-state index in [0.717, 1.165) is 17.3 Å². The van der Waals surface area contributed by atoms with Crippen LogP contribution >= 0.6 is 15.9 Å². The van der Waals surface area contributed by atoms with Crippen molar-refractivity contribution in [3.05, 3.63) is 22.4 Å². The first-order valence-electron chi connectivity index (χ1n) is 7.27. The predicted molar refractivity (Wildman–Crippen MR) is 83.4 cm³/mol. The Morgan fingerprint density at radius 3 is 2.52 bits per heavy atom. The van der Waals surface area contributed by atoms with Crippen LogP contribution in [0.2, 0.25) is 0 Å². The number of aliphatic carboxylic acids is 1. The molecule has 5 nitrogen and oxygen atoms in total. The molecule has 1 saturated heterocycles. The fourth-order valence-electron chi connectivity index (χ4n) is 2.79. The average Bonchev–Trinajstić information content (AvgIpc) is 2.80. The minimum Gasteiger partial charge on any atom is -0.481 e. The average molecular weight is 357 g/mol. The fraction of sp³-hybridized carbons (Fsp3) is 0.600. The van der Waals surface area contributed by atoms with Crippen LogP contribution in [-0.4, -0.2) is 39.5 Å². The number of aromatic nitrogens is 1. The molecule has 0 saturated carbocycles. The Labute approximate surface area is 133 Å². The highest BCUT2D eigenvalue weighted by Crippen LogP contribution is 2.25. The van der Waals surface area contributed by atoms with Gasteiger partial charge in [-0.1, -0.05) is 0 Å². The van der Waals surface area contributed by atoms with E-state index in [1.54, 1.807) is 0 Å². The fourth-order valence-corrected chi connectivity index (χ4v) is 3.23. The van der Waals surface area contributed by atoms with E-state index in [1.165, 1.54) is 0 Å². The van der Waals surface area contributed by atoms with Gasteiger partial charge in [-0.2, -0.15) is 0 Å². The number of rotatable bonds is 4. The van der Waals surface area contributed by atoms with Gasteiger partial charge in [-0.3, -0.25) is 9.59 Å². The van der Waals surface area contributed by atoms with E-state index in [2.05, 4.69) is 15.9 Å². The van der Waals surface area contributed by atoms with E-state index in [1.807, 2.05) is 35.6 Å². The van der Waals surface area contributed by atoms with Crippen molar-refractivity contribution in [3.63, 3.8) is 0 Å². The number of hydrogen-bond acceptors (Lipinski definition) is 2. The van der Waals surface area contributed by atoms with Crippen molar-refractivity contribution in [1.29, 1.82) is 0 Å². The second-order valence-electron chi connectivity index (χ2n) is 5.88. The summed E-state index contributed by atoms with van der Waals surface area (Å²) in [4.78, 5) is 25.2. The maximum absolute atomic E-state index is 12.6. The van der Waals surface area contributed by atoms with E-state index in [4.69, 9.17) is 5.11 Å². The Kier molecular flexibility index (Phi) is 5.08. The molecule has 0 radical (unpaired) electrons. The maximum Gasteiger partial charge on any atom is 0.303 e. The van der Waals surface area contributed by atoms with Gasteiger partial charge in [0.15, 0.2) is 0 Å². The van der Waals surface area contributed by atoms with Crippen LogP contribution in [0.3, 0.4) is 0 Å². The van der Waals surface area contributed by atoms with Gasteiger partial charge in [0.2, 0.25) is 0 Å². The van der Waals surface area contributed by atoms with Crippen LogP contribution in [0.15, 0.2) is 16.7 Å². The molecule has 116 valence electrons. The van der Waals surface area contributed by atoms with Crippen molar-refractivity contribution in [3.8, 4) is 0 Å². The molecular weight excluding hydrogens is 336 g/mol. The second kappa shape index (κ2) is 6.64. The van der Waals surface area contributed by atoms with E-state index >= 15 is 0 Å². The highest BCUT2D eigenvalue weighted by Gasteiger charge is 2.27. The third kappa shape index (κ3) is 3.87. The third-order valence-electron chi connectivity index (χ3n) is 3.96. The van der Waals surface area contributed by atoms with Gasteiger partial charge in [0.05, 0.1) is 0 Å². The van der Waals surface area contributed by atoms with Crippen molar-refractivity contribution in [1.82, 2.24) is 9.47 Å². The summed E-state index contributed by atoms with van der Waals surface area (Å²) >= 11 is 3.42. The molecule has 0 aromatic carbocycles. The van der Waals surface area contributed by atoms with Crippen LogP contribution in [0.5, 0.6) is 0 Å². The standard InChI is InChI=1S/C15H21BrN2O3/c1-10(2)18-9-12(16)8-13(18)15(21)17-5-3-11(4-6-17)7-14(19)20/h8-11H,3-7H2,1-2H3,(H,19,20). The lowest BCUT2D eigenvalue weighted by molar-refractivity contribution is -0.138. The summed E-state index contributed by atoms with van der Waals surface area (Å²) in [6, 6.07) is 2.07. The molecule has 0 atom stereocenters. The van der Waals surface area contributed by atoms with Crippen LogP contribution in [-0.2, 0) is 4.79 Å². The zero-order valence-corrected chi connectivity index (χ0v) is 14.0. The number of likely N-dealkylation sites (tertiary alicyclic amines) is 1. The first-order chi connectivity index (χ1) is 9.88. The highest BCUT2D eigenvalue weighted by molar-refractivity contribution is 9.10. The molecule has 2 rings (SSSR count). The number of carboxylic acid groups (broad SMARTS) is 1. The van der Waals surface area contributed by atoms with Crippen LogP contribution in [0.25, 0.3) is 0 Å². The number of carbonyl (C=O) groups excluding carboxylic acids is 1. The van der Waals surface area contributed by atoms with Crippen molar-refractivity contribution in [2.75, 3.05) is 13.1 Å². The van der Waals surface area contributed by atoms with Crippen molar-refractivity contribution >= 4 is 27.8 Å². The van der Waals surface area contributed by atoms with Crippen LogP contribution < -0.4 is 0 Å². The smallest absolute Gasteiger partial charge is 0.303 e. The molecule has 1 N–H and O–H groups in total. The number of piperidine rings is 1. The van der Waals surface area contributed by atoms with E-state index < -0.39 is 5.97 Å². The Morgan fingerprint density at radius 2 is 2.00 bits per heavy atom. The number of carboxylic acids is 1. The zero-order chi connectivity index (χ0) is 15.6. The van der Waals surface area contributed by atoms with E-state index in [9.17, 15) is 9.59 Å². The monoisotopic (exact) mass is 356 g/mol. The normalized spacial score (nSPS) is 16.5. The lowest BCUT2D eigenvalue weighted by Crippen LogP contribution is -2.39. The summed E-state index contributed by atoms with van der Waals surface area (Å²) in [5.74, 6) is -0.532. The summed E-state index contributed by atoms with van der Waals surface area (Å²) < 4.78 is 2.87. The molecule has 0 aliphatic carbocycles. The topological polar surface area (TPSA) is 62.5 Å². The molecule has 1 aromatic rings. The molecule has 21 heavy (non-hydrogen) atoms. The molecule has 6 heteroatoms. The summed E-state index contributed by atoms with van der Waals surface area (Å²) in [6.45, 7) is 5.36. The summed E-state index contributed by atoms with van der Waals surface area (Å²) in [5.41, 5.74) is 0.688. The van der Waals surface area contributed by atoms with Crippen LogP contribution in [0.1, 0.15) is 49.6 Å². The Balaban J connectivity index is 2.04. The SMILES string of the molecule is CC(C)n1cc(Br)cc1C(=O)N1CCC(CC(=O)O)CC1. The predicted octanol–water partition coefficient (Wildman–Crippen LogP) is 3.16. The van der Waals surface area contributed by atoms with Gasteiger partial charge in [0, 0.05) is 36.2 Å². The molecule has 1 aliphatic heterocycles. The van der Waals surface area contributed by atoms with Crippen molar-refractivity contribution in [2.24, 2.45) is 5.92 Å². The number of amides is 1. The van der Waals surface area contributed by atoms with Crippen LogP contribution in [0, 0.1) is 5.92 Å². The van der Waals surface area contributed by atoms with Crippen molar-refractivity contribution < 1.29 is 14.7 Å². The molecule has 1 aliphatic rings. The minimum absolute atomic E-state index is 0.0307. The number of nitrogens with zero attached hydrogens (tertiary/aromatic N) is 2. The first-order valence-corrected chi connectivity index (χ1v) is 8.06. The van der Waals surface area contributed by atoms with Gasteiger partial charge in [-0.25, -0.2) is 0 Å². The third-order valence-corrected chi connectivity index (χ3v) is 4.39. The van der Waals surface area contributed by atoms with Gasteiger partial charge in [-0.05, 0) is 54.6 Å². The lowest BCUT2D eigenvalue weighted by Gasteiger charge is -2.31. The van der Waals surface area contributed by atoms with E-state index in [0.29, 0.717) is 18.8 Å². The first kappa shape index (κ1) is 16.1. The molecule has 0 bridgehead atoms. The number of carbonyl (C=O) groups is 2.